The van der Waals surface area contributed by atoms with Crippen LogP contribution in [-0.2, 0) is 5.54 Å². The number of hydrogen-bond acceptors (Lipinski definition) is 3. The standard InChI is InChI=1S/C13H15ClFN3/c1-13(9-16,18-6-4-17-5-7-18)11-3-2-10(15)8-12(11)14/h2-3,8,17H,4-7H2,1H3. The van der Waals surface area contributed by atoms with Gasteiger partial charge in [0.2, 0.25) is 0 Å². The zero-order chi connectivity index (χ0) is 13.2. The van der Waals surface area contributed by atoms with Crippen molar-refractivity contribution in [2.24, 2.45) is 0 Å². The molecule has 5 heteroatoms. The summed E-state index contributed by atoms with van der Waals surface area (Å²) in [6, 6.07) is 6.52. The zero-order valence-corrected chi connectivity index (χ0v) is 11.0. The lowest BCUT2D eigenvalue weighted by atomic mass is 9.90. The van der Waals surface area contributed by atoms with Gasteiger partial charge < -0.3 is 5.32 Å². The van der Waals surface area contributed by atoms with Gasteiger partial charge in [0.25, 0.3) is 0 Å². The van der Waals surface area contributed by atoms with Crippen LogP contribution in [-0.4, -0.2) is 31.1 Å². The predicted octanol–water partition coefficient (Wildman–Crippen LogP) is 2.12. The van der Waals surface area contributed by atoms with Crippen molar-refractivity contribution in [3.8, 4) is 6.07 Å². The zero-order valence-electron chi connectivity index (χ0n) is 10.2. The molecule has 1 heterocycles. The van der Waals surface area contributed by atoms with E-state index < -0.39 is 5.54 Å². The molecule has 0 radical (unpaired) electrons. The molecule has 1 aromatic carbocycles. The van der Waals surface area contributed by atoms with E-state index in [1.54, 1.807) is 6.07 Å². The van der Waals surface area contributed by atoms with Crippen LogP contribution in [0.25, 0.3) is 0 Å². The summed E-state index contributed by atoms with van der Waals surface area (Å²) in [6.07, 6.45) is 0. The smallest absolute Gasteiger partial charge is 0.133 e. The van der Waals surface area contributed by atoms with Gasteiger partial charge in [-0.3, -0.25) is 4.90 Å². The third kappa shape index (κ3) is 2.35. The topological polar surface area (TPSA) is 39.1 Å². The Kier molecular flexibility index (Phi) is 3.86. The van der Waals surface area contributed by atoms with Gasteiger partial charge in [0, 0.05) is 36.8 Å². The summed E-state index contributed by atoms with van der Waals surface area (Å²) in [5.41, 5.74) is -0.151. The van der Waals surface area contributed by atoms with E-state index >= 15 is 0 Å². The van der Waals surface area contributed by atoms with E-state index in [1.807, 2.05) is 6.92 Å². The number of nitrogens with one attached hydrogen (secondary N) is 1. The Morgan fingerprint density at radius 1 is 1.44 bits per heavy atom. The Morgan fingerprint density at radius 2 is 2.11 bits per heavy atom. The maximum Gasteiger partial charge on any atom is 0.133 e. The van der Waals surface area contributed by atoms with Gasteiger partial charge in [-0.15, -0.1) is 0 Å². The number of piperazine rings is 1. The van der Waals surface area contributed by atoms with Gasteiger partial charge in [0.1, 0.15) is 11.4 Å². The Balaban J connectivity index is 2.39. The van der Waals surface area contributed by atoms with Crippen molar-refractivity contribution in [2.45, 2.75) is 12.5 Å². The van der Waals surface area contributed by atoms with Gasteiger partial charge in [-0.1, -0.05) is 17.7 Å². The third-order valence-corrected chi connectivity index (χ3v) is 3.74. The molecule has 1 aromatic rings. The second-order valence-corrected chi connectivity index (χ2v) is 4.95. The highest BCUT2D eigenvalue weighted by Gasteiger charge is 2.36. The van der Waals surface area contributed by atoms with E-state index in [4.69, 9.17) is 11.6 Å². The van der Waals surface area contributed by atoms with Crippen LogP contribution in [0.15, 0.2) is 18.2 Å². The first-order valence-electron chi connectivity index (χ1n) is 5.90. The summed E-state index contributed by atoms with van der Waals surface area (Å²) in [7, 11) is 0. The molecule has 1 atom stereocenters. The van der Waals surface area contributed by atoms with Crippen LogP contribution in [0.4, 0.5) is 4.39 Å². The monoisotopic (exact) mass is 267 g/mol. The first-order chi connectivity index (χ1) is 8.58. The van der Waals surface area contributed by atoms with Crippen molar-refractivity contribution in [1.82, 2.24) is 10.2 Å². The van der Waals surface area contributed by atoms with Crippen LogP contribution >= 0.6 is 11.6 Å². The van der Waals surface area contributed by atoms with Crippen LogP contribution in [0.2, 0.25) is 5.02 Å². The Hall–Kier alpha value is -1.15. The molecular formula is C13H15ClFN3. The molecule has 2 rings (SSSR count). The van der Waals surface area contributed by atoms with E-state index in [-0.39, 0.29) is 5.82 Å². The van der Waals surface area contributed by atoms with Crippen molar-refractivity contribution in [3.63, 3.8) is 0 Å². The second kappa shape index (κ2) is 5.23. The van der Waals surface area contributed by atoms with Crippen molar-refractivity contribution in [2.75, 3.05) is 26.2 Å². The fourth-order valence-corrected chi connectivity index (χ4v) is 2.65. The Labute approximate surface area is 111 Å². The molecule has 0 amide bonds. The summed E-state index contributed by atoms with van der Waals surface area (Å²) in [6.45, 7) is 5.07. The van der Waals surface area contributed by atoms with Crippen LogP contribution in [0.3, 0.4) is 0 Å². The van der Waals surface area contributed by atoms with Crippen LogP contribution < -0.4 is 5.32 Å². The minimum Gasteiger partial charge on any atom is -0.314 e. The first-order valence-corrected chi connectivity index (χ1v) is 6.28. The molecule has 1 fully saturated rings. The molecule has 1 aliphatic rings. The van der Waals surface area contributed by atoms with Gasteiger partial charge >= 0.3 is 0 Å². The SMILES string of the molecule is CC(C#N)(c1ccc(F)cc1Cl)N1CCNCC1. The molecule has 0 bridgehead atoms. The van der Waals surface area contributed by atoms with Gasteiger partial charge in [-0.05, 0) is 19.1 Å². The third-order valence-electron chi connectivity index (χ3n) is 3.42. The summed E-state index contributed by atoms with van der Waals surface area (Å²) >= 11 is 6.08. The Morgan fingerprint density at radius 3 is 2.67 bits per heavy atom. The maximum absolute atomic E-state index is 13.1. The molecule has 0 spiro atoms. The minimum atomic E-state index is -0.813. The fraction of sp³-hybridized carbons (Fsp3) is 0.462. The van der Waals surface area contributed by atoms with Gasteiger partial charge in [-0.2, -0.15) is 5.26 Å². The number of benzene rings is 1. The van der Waals surface area contributed by atoms with Crippen LogP contribution in [0.5, 0.6) is 0 Å². The number of hydrogen-bond donors (Lipinski definition) is 1. The number of nitriles is 1. The van der Waals surface area contributed by atoms with E-state index in [0.717, 1.165) is 26.2 Å². The molecular weight excluding hydrogens is 253 g/mol. The molecule has 1 N–H and O–H groups in total. The van der Waals surface area contributed by atoms with E-state index in [0.29, 0.717) is 10.6 Å². The maximum atomic E-state index is 13.1. The lowest BCUT2D eigenvalue weighted by molar-refractivity contribution is 0.132. The summed E-state index contributed by atoms with van der Waals surface area (Å²) < 4.78 is 13.1. The second-order valence-electron chi connectivity index (χ2n) is 4.55. The van der Waals surface area contributed by atoms with Crippen molar-refractivity contribution < 1.29 is 4.39 Å². The molecule has 3 nitrogen and oxygen atoms in total. The Bertz CT molecular complexity index is 480. The average molecular weight is 268 g/mol. The quantitative estimate of drug-likeness (QED) is 0.892. The molecule has 1 unspecified atom stereocenters. The van der Waals surface area contributed by atoms with Crippen molar-refractivity contribution in [3.05, 3.63) is 34.6 Å². The highest BCUT2D eigenvalue weighted by molar-refractivity contribution is 6.31. The van der Waals surface area contributed by atoms with Gasteiger partial charge in [0.05, 0.1) is 6.07 Å². The molecule has 0 aliphatic carbocycles. The van der Waals surface area contributed by atoms with E-state index in [9.17, 15) is 9.65 Å². The van der Waals surface area contributed by atoms with Crippen LogP contribution in [0.1, 0.15) is 12.5 Å². The van der Waals surface area contributed by atoms with E-state index in [1.165, 1.54) is 12.1 Å². The summed E-state index contributed by atoms with van der Waals surface area (Å²) in [5, 5.41) is 13.1. The van der Waals surface area contributed by atoms with Gasteiger partial charge in [0.15, 0.2) is 0 Å². The van der Waals surface area contributed by atoms with E-state index in [2.05, 4.69) is 16.3 Å². The average Bonchev–Trinajstić information content (AvgIpc) is 2.39. The molecule has 96 valence electrons. The number of nitrogens with zero attached hydrogens (tertiary/aromatic N) is 2. The highest BCUT2D eigenvalue weighted by Crippen LogP contribution is 2.33. The number of halogens is 2. The lowest BCUT2D eigenvalue weighted by Gasteiger charge is -2.39. The molecule has 18 heavy (non-hydrogen) atoms. The minimum absolute atomic E-state index is 0.303. The van der Waals surface area contributed by atoms with Crippen molar-refractivity contribution in [1.29, 1.82) is 5.26 Å². The van der Waals surface area contributed by atoms with Gasteiger partial charge in [-0.25, -0.2) is 4.39 Å². The first kappa shape index (κ1) is 13.3. The fourth-order valence-electron chi connectivity index (χ4n) is 2.30. The summed E-state index contributed by atoms with van der Waals surface area (Å²) in [5.74, 6) is -0.385. The lowest BCUT2D eigenvalue weighted by Crippen LogP contribution is -2.52. The van der Waals surface area contributed by atoms with Crippen molar-refractivity contribution >= 4 is 11.6 Å². The van der Waals surface area contributed by atoms with Crippen LogP contribution in [0, 0.1) is 17.1 Å². The molecule has 1 aliphatic heterocycles. The summed E-state index contributed by atoms with van der Waals surface area (Å²) in [4.78, 5) is 2.07. The highest BCUT2D eigenvalue weighted by atomic mass is 35.5. The largest absolute Gasteiger partial charge is 0.314 e. The molecule has 1 saturated heterocycles. The molecule has 0 aromatic heterocycles. The molecule has 0 saturated carbocycles. The number of rotatable bonds is 2. The predicted molar refractivity (Wildman–Crippen MR) is 68.8 cm³/mol. The normalized spacial score (nSPS) is 20.1.